The molecular weight excluding hydrogens is 505 g/mol. The van der Waals surface area contributed by atoms with Crippen molar-refractivity contribution in [3.8, 4) is 0 Å². The van der Waals surface area contributed by atoms with E-state index >= 15 is 0 Å². The Kier molecular flexibility index (Phi) is 6.61. The molecule has 0 radical (unpaired) electrons. The van der Waals surface area contributed by atoms with E-state index in [9.17, 15) is 4.79 Å². The molecule has 0 N–H and O–H groups in total. The van der Waals surface area contributed by atoms with Gasteiger partial charge in [-0.3, -0.25) is 4.90 Å². The number of carbonyl (C=O) groups is 1. The van der Waals surface area contributed by atoms with Crippen molar-refractivity contribution in [3.63, 3.8) is 0 Å². The second-order valence-electron chi connectivity index (χ2n) is 7.13. The molecule has 0 fully saturated rings. The van der Waals surface area contributed by atoms with Crippen molar-refractivity contribution in [2.75, 3.05) is 4.90 Å². The molecule has 2 aromatic rings. The standard InChI is InChI=1S/C21H23BrINO2/c1-14(2)10-18-9-8-16-11-17(23)12-19(22)20(16)24(18)21(25)26-13-15-6-4-3-5-7-15/h3-7,11-12,14,18H,8-10,13H2,1-2H3. The van der Waals surface area contributed by atoms with Crippen molar-refractivity contribution in [2.45, 2.75) is 45.8 Å². The number of anilines is 1. The molecule has 1 unspecified atom stereocenters. The molecule has 0 bridgehead atoms. The van der Waals surface area contributed by atoms with Gasteiger partial charge in [0.25, 0.3) is 0 Å². The molecule has 5 heteroatoms. The lowest BCUT2D eigenvalue weighted by Gasteiger charge is -2.38. The second-order valence-corrected chi connectivity index (χ2v) is 9.23. The first-order valence-corrected chi connectivity index (χ1v) is 10.8. The first kappa shape index (κ1) is 19.7. The SMILES string of the molecule is CC(C)CC1CCc2cc(I)cc(Br)c2N1C(=O)OCc1ccccc1. The number of benzene rings is 2. The molecule has 138 valence electrons. The lowest BCUT2D eigenvalue weighted by Crippen LogP contribution is -2.45. The first-order chi connectivity index (χ1) is 12.5. The number of hydrogen-bond donors (Lipinski definition) is 0. The third-order valence-electron chi connectivity index (χ3n) is 4.61. The van der Waals surface area contributed by atoms with Crippen LogP contribution in [0.15, 0.2) is 46.9 Å². The summed E-state index contributed by atoms with van der Waals surface area (Å²) < 4.78 is 7.82. The molecule has 0 saturated heterocycles. The van der Waals surface area contributed by atoms with Gasteiger partial charge in [0.2, 0.25) is 0 Å². The Morgan fingerprint density at radius 1 is 1.31 bits per heavy atom. The maximum Gasteiger partial charge on any atom is 0.414 e. The zero-order valence-corrected chi connectivity index (χ0v) is 18.8. The molecule has 1 heterocycles. The summed E-state index contributed by atoms with van der Waals surface area (Å²) >= 11 is 6.00. The van der Waals surface area contributed by atoms with Crippen molar-refractivity contribution < 1.29 is 9.53 Å². The largest absolute Gasteiger partial charge is 0.444 e. The molecule has 1 aliphatic rings. The quantitative estimate of drug-likeness (QED) is 0.421. The van der Waals surface area contributed by atoms with Crippen LogP contribution in [0.5, 0.6) is 0 Å². The van der Waals surface area contributed by atoms with Gasteiger partial charge in [0.05, 0.1) is 5.69 Å². The van der Waals surface area contributed by atoms with E-state index in [4.69, 9.17) is 4.74 Å². The van der Waals surface area contributed by atoms with Crippen LogP contribution in [0.1, 0.15) is 37.8 Å². The Bertz CT molecular complexity index is 779. The molecule has 0 aliphatic carbocycles. The van der Waals surface area contributed by atoms with Crippen molar-refractivity contribution in [2.24, 2.45) is 5.92 Å². The predicted octanol–water partition coefficient (Wildman–Crippen LogP) is 6.56. The fourth-order valence-corrected chi connectivity index (χ4v) is 5.32. The van der Waals surface area contributed by atoms with Gasteiger partial charge >= 0.3 is 6.09 Å². The van der Waals surface area contributed by atoms with Gasteiger partial charge in [-0.1, -0.05) is 44.2 Å². The summed E-state index contributed by atoms with van der Waals surface area (Å²) in [5.41, 5.74) is 3.18. The summed E-state index contributed by atoms with van der Waals surface area (Å²) in [5, 5.41) is 0. The van der Waals surface area contributed by atoms with Crippen molar-refractivity contribution >= 4 is 50.3 Å². The molecule has 0 aromatic heterocycles. The summed E-state index contributed by atoms with van der Waals surface area (Å²) in [4.78, 5) is 14.9. The fourth-order valence-electron chi connectivity index (χ4n) is 3.51. The number of ether oxygens (including phenoxy) is 1. The summed E-state index contributed by atoms with van der Waals surface area (Å²) in [6.45, 7) is 4.69. The number of aryl methyl sites for hydroxylation is 1. The highest BCUT2D eigenvalue weighted by Gasteiger charge is 2.34. The normalized spacial score (nSPS) is 16.5. The third-order valence-corrected chi connectivity index (χ3v) is 5.83. The zero-order valence-electron chi connectivity index (χ0n) is 15.0. The van der Waals surface area contributed by atoms with Crippen LogP contribution in [-0.2, 0) is 17.8 Å². The van der Waals surface area contributed by atoms with E-state index in [1.807, 2.05) is 35.2 Å². The minimum atomic E-state index is -0.262. The molecule has 1 atom stereocenters. The summed E-state index contributed by atoms with van der Waals surface area (Å²) in [7, 11) is 0. The molecule has 3 nitrogen and oxygen atoms in total. The maximum absolute atomic E-state index is 13.0. The molecule has 0 spiro atoms. The monoisotopic (exact) mass is 527 g/mol. The van der Waals surface area contributed by atoms with Crippen molar-refractivity contribution in [1.82, 2.24) is 0 Å². The van der Waals surface area contributed by atoms with Crippen LogP contribution in [-0.4, -0.2) is 12.1 Å². The Hall–Kier alpha value is -1.08. The van der Waals surface area contributed by atoms with Gasteiger partial charge in [-0.05, 0) is 87.0 Å². The lowest BCUT2D eigenvalue weighted by molar-refractivity contribution is 0.142. The van der Waals surface area contributed by atoms with Crippen LogP contribution in [0.4, 0.5) is 10.5 Å². The number of rotatable bonds is 4. The van der Waals surface area contributed by atoms with E-state index in [-0.39, 0.29) is 12.1 Å². The topological polar surface area (TPSA) is 29.5 Å². The molecule has 2 aromatic carbocycles. The third kappa shape index (κ3) is 4.60. The maximum atomic E-state index is 13.0. The van der Waals surface area contributed by atoms with Crippen LogP contribution < -0.4 is 4.90 Å². The lowest BCUT2D eigenvalue weighted by atomic mass is 9.91. The Balaban J connectivity index is 1.88. The van der Waals surface area contributed by atoms with Gasteiger partial charge in [0.15, 0.2) is 0 Å². The number of hydrogen-bond acceptors (Lipinski definition) is 2. The van der Waals surface area contributed by atoms with Gasteiger partial charge in [-0.25, -0.2) is 4.79 Å². The first-order valence-electron chi connectivity index (χ1n) is 8.93. The zero-order chi connectivity index (χ0) is 18.7. The van der Waals surface area contributed by atoms with Gasteiger partial charge in [-0.2, -0.15) is 0 Å². The number of nitrogens with zero attached hydrogens (tertiary/aromatic N) is 1. The average Bonchev–Trinajstić information content (AvgIpc) is 2.60. The van der Waals surface area contributed by atoms with Crippen molar-refractivity contribution in [1.29, 1.82) is 0 Å². The minimum absolute atomic E-state index is 0.169. The van der Waals surface area contributed by atoms with Crippen molar-refractivity contribution in [3.05, 3.63) is 61.6 Å². The number of carbonyl (C=O) groups excluding carboxylic acids is 1. The van der Waals surface area contributed by atoms with Crippen LogP contribution in [0.25, 0.3) is 0 Å². The minimum Gasteiger partial charge on any atom is -0.444 e. The molecule has 26 heavy (non-hydrogen) atoms. The van der Waals surface area contributed by atoms with E-state index in [0.717, 1.165) is 35.0 Å². The Morgan fingerprint density at radius 2 is 2.04 bits per heavy atom. The summed E-state index contributed by atoms with van der Waals surface area (Å²) in [6, 6.07) is 14.2. The van der Waals surface area contributed by atoms with Crippen LogP contribution in [0.3, 0.4) is 0 Å². The number of fused-ring (bicyclic) bond motifs is 1. The van der Waals surface area contributed by atoms with Gasteiger partial charge in [0.1, 0.15) is 6.61 Å². The Labute approximate surface area is 177 Å². The summed E-state index contributed by atoms with van der Waals surface area (Å²) in [5.74, 6) is 0.522. The van der Waals surface area contributed by atoms with E-state index in [0.29, 0.717) is 12.5 Å². The van der Waals surface area contributed by atoms with Crippen LogP contribution in [0, 0.1) is 9.49 Å². The smallest absolute Gasteiger partial charge is 0.414 e. The second kappa shape index (κ2) is 8.74. The fraction of sp³-hybridized carbons (Fsp3) is 0.381. The van der Waals surface area contributed by atoms with E-state index in [1.54, 1.807) is 0 Å². The molecular formula is C21H23BrINO2. The van der Waals surface area contributed by atoms with Gasteiger partial charge in [-0.15, -0.1) is 0 Å². The molecule has 0 saturated carbocycles. The van der Waals surface area contributed by atoms with Crippen LogP contribution >= 0.6 is 38.5 Å². The number of halogens is 2. The molecule has 1 amide bonds. The predicted molar refractivity (Wildman–Crippen MR) is 118 cm³/mol. The van der Waals surface area contributed by atoms with E-state index < -0.39 is 0 Å². The highest BCUT2D eigenvalue weighted by Crippen LogP contribution is 2.40. The van der Waals surface area contributed by atoms with E-state index in [1.165, 1.54) is 9.13 Å². The molecule has 3 rings (SSSR count). The average molecular weight is 528 g/mol. The highest BCUT2D eigenvalue weighted by atomic mass is 127. The van der Waals surface area contributed by atoms with Gasteiger partial charge < -0.3 is 4.74 Å². The summed E-state index contributed by atoms with van der Waals surface area (Å²) in [6.07, 6.45) is 2.67. The Morgan fingerprint density at radius 3 is 2.73 bits per heavy atom. The van der Waals surface area contributed by atoms with E-state index in [2.05, 4.69) is 64.5 Å². The molecule has 1 aliphatic heterocycles. The van der Waals surface area contributed by atoms with Gasteiger partial charge in [0, 0.05) is 14.1 Å². The highest BCUT2D eigenvalue weighted by molar-refractivity contribution is 14.1. The number of amides is 1. The van der Waals surface area contributed by atoms with Crippen LogP contribution in [0.2, 0.25) is 0 Å².